The minimum atomic E-state index is -0.0187. The van der Waals surface area contributed by atoms with Gasteiger partial charge in [0.2, 0.25) is 5.91 Å². The molecule has 106 valence electrons. The lowest BCUT2D eigenvalue weighted by molar-refractivity contribution is -0.132. The van der Waals surface area contributed by atoms with Crippen molar-refractivity contribution in [2.24, 2.45) is 5.73 Å². The van der Waals surface area contributed by atoms with Crippen LogP contribution in [0.15, 0.2) is 36.5 Å². The molecule has 1 amide bonds. The number of carbonyl (C=O) groups excluding carboxylic acids is 1. The number of nitrogens with two attached hydrogens (primary N) is 1. The molecule has 6 nitrogen and oxygen atoms in total. The minimum Gasteiger partial charge on any atom is -0.337 e. The Morgan fingerprint density at radius 1 is 1.40 bits per heavy atom. The summed E-state index contributed by atoms with van der Waals surface area (Å²) in [6, 6.07) is 9.93. The first-order valence-corrected chi connectivity index (χ1v) is 6.51. The summed E-state index contributed by atoms with van der Waals surface area (Å²) in [6.45, 7) is 2.49. The maximum absolute atomic E-state index is 12.2. The average Bonchev–Trinajstić information content (AvgIpc) is 2.94. The van der Waals surface area contributed by atoms with Crippen LogP contribution in [0.4, 0.5) is 0 Å². The van der Waals surface area contributed by atoms with Crippen molar-refractivity contribution in [2.75, 3.05) is 7.05 Å². The van der Waals surface area contributed by atoms with Gasteiger partial charge in [-0.3, -0.25) is 4.79 Å². The zero-order valence-corrected chi connectivity index (χ0v) is 11.7. The van der Waals surface area contributed by atoms with Crippen molar-refractivity contribution in [2.45, 2.75) is 26.1 Å². The van der Waals surface area contributed by atoms with E-state index in [0.29, 0.717) is 12.2 Å². The highest BCUT2D eigenvalue weighted by atomic mass is 16.2. The van der Waals surface area contributed by atoms with E-state index >= 15 is 0 Å². The van der Waals surface area contributed by atoms with Crippen LogP contribution >= 0.6 is 0 Å². The molecule has 0 fully saturated rings. The molecule has 1 aromatic heterocycles. The third kappa shape index (κ3) is 3.21. The fraction of sp³-hybridized carbons (Fsp3) is 0.357. The van der Waals surface area contributed by atoms with E-state index in [1.54, 1.807) is 18.1 Å². The monoisotopic (exact) mass is 273 g/mol. The number of nitrogens with zero attached hydrogens (tertiary/aromatic N) is 4. The largest absolute Gasteiger partial charge is 0.337 e. The van der Waals surface area contributed by atoms with Crippen LogP contribution in [0.3, 0.4) is 0 Å². The Labute approximate surface area is 118 Å². The highest BCUT2D eigenvalue weighted by Crippen LogP contribution is 2.18. The van der Waals surface area contributed by atoms with E-state index in [-0.39, 0.29) is 18.5 Å². The highest BCUT2D eigenvalue weighted by Gasteiger charge is 2.17. The van der Waals surface area contributed by atoms with Crippen LogP contribution in [0.25, 0.3) is 0 Å². The molecule has 2 aromatic rings. The van der Waals surface area contributed by atoms with Crippen LogP contribution in [0.1, 0.15) is 24.2 Å². The fourth-order valence-electron chi connectivity index (χ4n) is 1.93. The Bertz CT molecular complexity index is 566. The molecule has 6 heteroatoms. The second kappa shape index (κ2) is 6.29. The summed E-state index contributed by atoms with van der Waals surface area (Å²) in [5, 5.41) is 7.75. The Morgan fingerprint density at radius 3 is 2.70 bits per heavy atom. The molecule has 20 heavy (non-hydrogen) atoms. The van der Waals surface area contributed by atoms with Crippen molar-refractivity contribution in [3.8, 4) is 0 Å². The summed E-state index contributed by atoms with van der Waals surface area (Å²) < 4.78 is 1.51. The van der Waals surface area contributed by atoms with Gasteiger partial charge in [0, 0.05) is 13.6 Å². The van der Waals surface area contributed by atoms with Crippen molar-refractivity contribution in [1.29, 1.82) is 0 Å². The Balaban J connectivity index is 2.01. The van der Waals surface area contributed by atoms with Crippen LogP contribution in [-0.4, -0.2) is 32.8 Å². The SMILES string of the molecule is CC(c1ccccc1)N(C)C(=O)Cn1cc(CN)nn1. The van der Waals surface area contributed by atoms with Crippen LogP contribution in [0.2, 0.25) is 0 Å². The lowest BCUT2D eigenvalue weighted by atomic mass is 10.1. The van der Waals surface area contributed by atoms with Crippen LogP contribution in [-0.2, 0) is 17.9 Å². The zero-order valence-electron chi connectivity index (χ0n) is 11.7. The first kappa shape index (κ1) is 14.2. The second-order valence-corrected chi connectivity index (χ2v) is 4.70. The fourth-order valence-corrected chi connectivity index (χ4v) is 1.93. The second-order valence-electron chi connectivity index (χ2n) is 4.70. The molecule has 0 aliphatic carbocycles. The molecule has 0 aliphatic rings. The molecule has 1 atom stereocenters. The number of hydrogen-bond acceptors (Lipinski definition) is 4. The Hall–Kier alpha value is -2.21. The Morgan fingerprint density at radius 2 is 2.10 bits per heavy atom. The van der Waals surface area contributed by atoms with Crippen LogP contribution in [0.5, 0.6) is 0 Å². The van der Waals surface area contributed by atoms with Gasteiger partial charge in [-0.25, -0.2) is 4.68 Å². The van der Waals surface area contributed by atoms with Crippen molar-refractivity contribution < 1.29 is 4.79 Å². The van der Waals surface area contributed by atoms with E-state index in [0.717, 1.165) is 5.56 Å². The standard InChI is InChI=1S/C14H19N5O/c1-11(12-6-4-3-5-7-12)18(2)14(20)10-19-9-13(8-15)16-17-19/h3-7,9,11H,8,10,15H2,1-2H3. The highest BCUT2D eigenvalue weighted by molar-refractivity contribution is 5.76. The number of likely N-dealkylation sites (N-methyl/N-ethyl adjacent to an activating group) is 1. The van der Waals surface area contributed by atoms with E-state index in [9.17, 15) is 4.79 Å². The number of benzene rings is 1. The molecule has 2 N–H and O–H groups in total. The molecule has 0 spiro atoms. The van der Waals surface area contributed by atoms with Gasteiger partial charge in [0.15, 0.2) is 0 Å². The van der Waals surface area contributed by atoms with Crippen LogP contribution in [0, 0.1) is 0 Å². The average molecular weight is 273 g/mol. The van der Waals surface area contributed by atoms with E-state index in [4.69, 9.17) is 5.73 Å². The molecule has 0 bridgehead atoms. The molecular formula is C14H19N5O. The summed E-state index contributed by atoms with van der Waals surface area (Å²) in [5.74, 6) is -0.0187. The van der Waals surface area contributed by atoms with Gasteiger partial charge in [0.05, 0.1) is 17.9 Å². The van der Waals surface area contributed by atoms with E-state index < -0.39 is 0 Å². The van der Waals surface area contributed by atoms with Crippen molar-refractivity contribution >= 4 is 5.91 Å². The maximum atomic E-state index is 12.2. The van der Waals surface area contributed by atoms with Gasteiger partial charge < -0.3 is 10.6 Å². The molecule has 2 rings (SSSR count). The normalized spacial score (nSPS) is 12.2. The van der Waals surface area contributed by atoms with Gasteiger partial charge in [-0.2, -0.15) is 0 Å². The van der Waals surface area contributed by atoms with Gasteiger partial charge in [-0.1, -0.05) is 35.5 Å². The molecule has 0 aliphatic heterocycles. The summed E-state index contributed by atoms with van der Waals surface area (Å²) in [4.78, 5) is 13.9. The molecule has 0 radical (unpaired) electrons. The predicted octanol–water partition coefficient (Wildman–Crippen LogP) is 0.956. The van der Waals surface area contributed by atoms with Crippen molar-refractivity contribution in [3.05, 3.63) is 47.8 Å². The van der Waals surface area contributed by atoms with Gasteiger partial charge >= 0.3 is 0 Å². The van der Waals surface area contributed by atoms with Crippen molar-refractivity contribution in [1.82, 2.24) is 19.9 Å². The van der Waals surface area contributed by atoms with Gasteiger partial charge in [0.25, 0.3) is 0 Å². The quantitative estimate of drug-likeness (QED) is 0.880. The smallest absolute Gasteiger partial charge is 0.244 e. The number of hydrogen-bond donors (Lipinski definition) is 1. The number of aromatic nitrogens is 3. The molecule has 0 saturated heterocycles. The molecule has 1 aromatic carbocycles. The topological polar surface area (TPSA) is 77.0 Å². The third-order valence-corrected chi connectivity index (χ3v) is 3.35. The van der Waals surface area contributed by atoms with E-state index in [2.05, 4.69) is 10.3 Å². The van der Waals surface area contributed by atoms with E-state index in [1.165, 1.54) is 4.68 Å². The lowest BCUT2D eigenvalue weighted by Gasteiger charge is -2.25. The molecular weight excluding hydrogens is 254 g/mol. The van der Waals surface area contributed by atoms with Crippen molar-refractivity contribution in [3.63, 3.8) is 0 Å². The molecule has 1 unspecified atom stereocenters. The van der Waals surface area contributed by atoms with Gasteiger partial charge in [0.1, 0.15) is 6.54 Å². The van der Waals surface area contributed by atoms with Crippen LogP contribution < -0.4 is 5.73 Å². The summed E-state index contributed by atoms with van der Waals surface area (Å²) in [5.41, 5.74) is 7.25. The summed E-state index contributed by atoms with van der Waals surface area (Å²) in [6.07, 6.45) is 1.69. The minimum absolute atomic E-state index is 0.0150. The Kier molecular flexibility index (Phi) is 4.47. The third-order valence-electron chi connectivity index (χ3n) is 3.35. The first-order chi connectivity index (χ1) is 9.61. The van der Waals surface area contributed by atoms with Gasteiger partial charge in [-0.05, 0) is 12.5 Å². The molecule has 0 saturated carbocycles. The number of amides is 1. The lowest BCUT2D eigenvalue weighted by Crippen LogP contribution is -2.32. The predicted molar refractivity (Wildman–Crippen MR) is 75.5 cm³/mol. The summed E-state index contributed by atoms with van der Waals surface area (Å²) in [7, 11) is 1.79. The zero-order chi connectivity index (χ0) is 14.5. The first-order valence-electron chi connectivity index (χ1n) is 6.51. The van der Waals surface area contributed by atoms with Gasteiger partial charge in [-0.15, -0.1) is 5.10 Å². The summed E-state index contributed by atoms with van der Waals surface area (Å²) >= 11 is 0. The maximum Gasteiger partial charge on any atom is 0.244 e. The molecule has 1 heterocycles. The van der Waals surface area contributed by atoms with E-state index in [1.807, 2.05) is 37.3 Å². The number of rotatable bonds is 5. The number of carbonyl (C=O) groups is 1.